The summed E-state index contributed by atoms with van der Waals surface area (Å²) >= 11 is 0. The molecule has 0 aromatic carbocycles. The molecule has 0 aliphatic rings. The molecule has 3 heterocycles. The van der Waals surface area contributed by atoms with E-state index in [-0.39, 0.29) is 0 Å². The van der Waals surface area contributed by atoms with Crippen LogP contribution in [0.15, 0.2) is 24.7 Å². The van der Waals surface area contributed by atoms with Gasteiger partial charge in [-0.2, -0.15) is 5.10 Å². The van der Waals surface area contributed by atoms with Crippen LogP contribution >= 0.6 is 0 Å². The Morgan fingerprint density at radius 2 is 2.06 bits per heavy atom. The first kappa shape index (κ1) is 10.0. The van der Waals surface area contributed by atoms with Gasteiger partial charge in [-0.3, -0.25) is 9.08 Å². The first-order chi connectivity index (χ1) is 8.16. The van der Waals surface area contributed by atoms with Crippen molar-refractivity contribution in [2.24, 2.45) is 7.05 Å². The van der Waals surface area contributed by atoms with E-state index < -0.39 is 0 Å². The van der Waals surface area contributed by atoms with Gasteiger partial charge in [-0.1, -0.05) is 0 Å². The van der Waals surface area contributed by atoms with Crippen LogP contribution in [0.1, 0.15) is 11.4 Å². The van der Waals surface area contributed by atoms with Crippen LogP contribution in [0.3, 0.4) is 0 Å². The van der Waals surface area contributed by atoms with Gasteiger partial charge < -0.3 is 0 Å². The van der Waals surface area contributed by atoms with Crippen LogP contribution in [0.5, 0.6) is 0 Å². The van der Waals surface area contributed by atoms with Crippen molar-refractivity contribution in [1.82, 2.24) is 24.1 Å². The van der Waals surface area contributed by atoms with E-state index in [1.807, 2.05) is 48.4 Å². The topological polar surface area (TPSA) is 48.0 Å². The molecule has 0 N–H and O–H groups in total. The molecule has 0 fully saturated rings. The fraction of sp³-hybridized carbons (Fsp3) is 0.250. The van der Waals surface area contributed by atoms with Crippen LogP contribution in [-0.4, -0.2) is 24.1 Å². The summed E-state index contributed by atoms with van der Waals surface area (Å²) in [6, 6.07) is 1.89. The summed E-state index contributed by atoms with van der Waals surface area (Å²) in [6.07, 6.45) is 5.67. The van der Waals surface area contributed by atoms with Crippen molar-refractivity contribution in [2.45, 2.75) is 13.8 Å². The second kappa shape index (κ2) is 3.41. The highest BCUT2D eigenvalue weighted by atomic mass is 15.3. The third-order valence-electron chi connectivity index (χ3n) is 3.00. The maximum Gasteiger partial charge on any atom is 0.234 e. The fourth-order valence-corrected chi connectivity index (χ4v) is 2.09. The molecule has 0 bridgehead atoms. The third kappa shape index (κ3) is 1.43. The molecule has 0 saturated carbocycles. The Kier molecular flexibility index (Phi) is 2.01. The summed E-state index contributed by atoms with van der Waals surface area (Å²) in [5, 5.41) is 4.40. The van der Waals surface area contributed by atoms with Gasteiger partial charge in [-0.15, -0.1) is 0 Å². The quantitative estimate of drug-likeness (QED) is 0.636. The maximum atomic E-state index is 4.52. The van der Waals surface area contributed by atoms with Crippen molar-refractivity contribution in [2.75, 3.05) is 0 Å². The Labute approximate surface area is 98.7 Å². The van der Waals surface area contributed by atoms with Crippen LogP contribution in [0.4, 0.5) is 0 Å². The lowest BCUT2D eigenvalue weighted by Gasteiger charge is -1.96. The molecule has 3 aromatic heterocycles. The smallest absolute Gasteiger partial charge is 0.234 e. The largest absolute Gasteiger partial charge is 0.291 e. The number of nitrogens with zero attached hydrogens (tertiary/aromatic N) is 5. The Balaban J connectivity index is 2.27. The number of imidazole rings is 1. The van der Waals surface area contributed by atoms with E-state index in [1.165, 1.54) is 0 Å². The lowest BCUT2D eigenvalue weighted by atomic mass is 10.1. The minimum atomic E-state index is 0.713. The second-order valence-corrected chi connectivity index (χ2v) is 4.12. The van der Waals surface area contributed by atoms with Crippen molar-refractivity contribution < 1.29 is 0 Å². The standard InChI is InChI=1S/C12H13N5/c1-8-11(9(2)16(3)15-8)10-7-17-6-4-5-13-12(17)14-10/h4-7H,1-3H3. The van der Waals surface area contributed by atoms with Crippen LogP contribution in [0.2, 0.25) is 0 Å². The van der Waals surface area contributed by atoms with Gasteiger partial charge in [-0.05, 0) is 19.9 Å². The average Bonchev–Trinajstić information content (AvgIpc) is 2.81. The van der Waals surface area contributed by atoms with E-state index in [9.17, 15) is 0 Å². The van der Waals surface area contributed by atoms with Gasteiger partial charge in [-0.25, -0.2) is 9.97 Å². The zero-order valence-electron chi connectivity index (χ0n) is 10.0. The Hall–Kier alpha value is -2.17. The monoisotopic (exact) mass is 227 g/mol. The molecule has 0 aliphatic carbocycles. The minimum absolute atomic E-state index is 0.713. The summed E-state index contributed by atoms with van der Waals surface area (Å²) in [4.78, 5) is 8.73. The fourth-order valence-electron chi connectivity index (χ4n) is 2.09. The molecule has 5 nitrogen and oxygen atoms in total. The first-order valence-corrected chi connectivity index (χ1v) is 5.47. The van der Waals surface area contributed by atoms with Crippen LogP contribution in [0.25, 0.3) is 17.0 Å². The number of fused-ring (bicyclic) bond motifs is 1. The SMILES string of the molecule is Cc1nn(C)c(C)c1-c1cn2cccnc2n1. The van der Waals surface area contributed by atoms with Crippen LogP contribution in [-0.2, 0) is 7.05 Å². The minimum Gasteiger partial charge on any atom is -0.291 e. The van der Waals surface area contributed by atoms with Crippen molar-refractivity contribution in [3.8, 4) is 11.3 Å². The van der Waals surface area contributed by atoms with Gasteiger partial charge in [0.05, 0.1) is 11.4 Å². The predicted octanol–water partition coefficient (Wildman–Crippen LogP) is 1.75. The molecule has 0 aliphatic heterocycles. The highest BCUT2D eigenvalue weighted by Gasteiger charge is 2.14. The van der Waals surface area contributed by atoms with Crippen molar-refractivity contribution in [1.29, 1.82) is 0 Å². The van der Waals surface area contributed by atoms with E-state index in [4.69, 9.17) is 0 Å². The van der Waals surface area contributed by atoms with Gasteiger partial charge in [0.2, 0.25) is 5.78 Å². The summed E-state index contributed by atoms with van der Waals surface area (Å²) in [5.74, 6) is 0.713. The van der Waals surface area contributed by atoms with Crippen molar-refractivity contribution in [3.05, 3.63) is 36.0 Å². The molecular weight excluding hydrogens is 214 g/mol. The molecule has 0 saturated heterocycles. The Bertz CT molecular complexity index is 659. The van der Waals surface area contributed by atoms with Gasteiger partial charge >= 0.3 is 0 Å². The summed E-state index contributed by atoms with van der Waals surface area (Å²) < 4.78 is 3.79. The molecule has 3 aromatic rings. The van der Waals surface area contributed by atoms with Gasteiger partial charge in [0, 0.05) is 36.9 Å². The number of rotatable bonds is 1. The predicted molar refractivity (Wildman–Crippen MR) is 64.7 cm³/mol. The Morgan fingerprint density at radius 3 is 2.71 bits per heavy atom. The molecule has 0 radical (unpaired) electrons. The van der Waals surface area contributed by atoms with E-state index in [0.717, 1.165) is 22.6 Å². The highest BCUT2D eigenvalue weighted by molar-refractivity contribution is 5.66. The lowest BCUT2D eigenvalue weighted by molar-refractivity contribution is 0.731. The Morgan fingerprint density at radius 1 is 1.24 bits per heavy atom. The number of aryl methyl sites for hydroxylation is 2. The number of aromatic nitrogens is 5. The zero-order chi connectivity index (χ0) is 12.0. The van der Waals surface area contributed by atoms with E-state index in [2.05, 4.69) is 15.1 Å². The first-order valence-electron chi connectivity index (χ1n) is 5.47. The van der Waals surface area contributed by atoms with Crippen molar-refractivity contribution >= 4 is 5.78 Å². The number of hydrogen-bond acceptors (Lipinski definition) is 3. The molecule has 3 rings (SSSR count). The third-order valence-corrected chi connectivity index (χ3v) is 3.00. The van der Waals surface area contributed by atoms with E-state index in [0.29, 0.717) is 5.78 Å². The molecule has 0 atom stereocenters. The van der Waals surface area contributed by atoms with E-state index in [1.54, 1.807) is 6.20 Å². The van der Waals surface area contributed by atoms with Gasteiger partial charge in [0.15, 0.2) is 0 Å². The lowest BCUT2D eigenvalue weighted by Crippen LogP contribution is -1.92. The number of hydrogen-bond donors (Lipinski definition) is 0. The molecule has 86 valence electrons. The maximum absolute atomic E-state index is 4.52. The molecule has 0 spiro atoms. The molecule has 0 unspecified atom stereocenters. The molecule has 0 amide bonds. The van der Waals surface area contributed by atoms with Gasteiger partial charge in [0.1, 0.15) is 0 Å². The molecular formula is C12H13N5. The second-order valence-electron chi connectivity index (χ2n) is 4.12. The normalized spacial score (nSPS) is 11.2. The van der Waals surface area contributed by atoms with Gasteiger partial charge in [0.25, 0.3) is 0 Å². The highest BCUT2D eigenvalue weighted by Crippen LogP contribution is 2.25. The summed E-state index contributed by atoms with van der Waals surface area (Å²) in [7, 11) is 1.94. The van der Waals surface area contributed by atoms with Crippen LogP contribution in [0, 0.1) is 13.8 Å². The summed E-state index contributed by atoms with van der Waals surface area (Å²) in [5.41, 5.74) is 4.13. The average molecular weight is 227 g/mol. The molecule has 17 heavy (non-hydrogen) atoms. The van der Waals surface area contributed by atoms with Crippen LogP contribution < -0.4 is 0 Å². The zero-order valence-corrected chi connectivity index (χ0v) is 10.0. The summed E-state index contributed by atoms with van der Waals surface area (Å²) in [6.45, 7) is 4.05. The molecule has 5 heteroatoms. The van der Waals surface area contributed by atoms with E-state index >= 15 is 0 Å². The van der Waals surface area contributed by atoms with Crippen molar-refractivity contribution in [3.63, 3.8) is 0 Å².